The van der Waals surface area contributed by atoms with E-state index in [4.69, 9.17) is 4.74 Å². The summed E-state index contributed by atoms with van der Waals surface area (Å²) in [6.45, 7) is 8.33. The maximum Gasteiger partial charge on any atom is 0.414 e. The summed E-state index contributed by atoms with van der Waals surface area (Å²) in [6, 6.07) is 28.5. The van der Waals surface area contributed by atoms with Crippen molar-refractivity contribution >= 4 is 23.4 Å². The Hall–Kier alpha value is -6.11. The van der Waals surface area contributed by atoms with Crippen molar-refractivity contribution in [1.82, 2.24) is 19.1 Å². The maximum atomic E-state index is 12.3. The van der Waals surface area contributed by atoms with E-state index in [0.29, 0.717) is 30.5 Å². The molecule has 3 aromatic carbocycles. The molecular formula is C36H39N7O6. The number of para-hydroxylation sites is 1. The quantitative estimate of drug-likeness (QED) is 0.172. The summed E-state index contributed by atoms with van der Waals surface area (Å²) < 4.78 is 7.24. The van der Waals surface area contributed by atoms with Crippen LogP contribution in [0.4, 0.5) is 22.1 Å². The second-order valence-electron chi connectivity index (χ2n) is 11.8. The van der Waals surface area contributed by atoms with Crippen molar-refractivity contribution in [3.8, 4) is 5.69 Å². The summed E-state index contributed by atoms with van der Waals surface area (Å²) in [5.74, 6) is 0.763. The molecule has 5 aromatic rings. The summed E-state index contributed by atoms with van der Waals surface area (Å²) in [5.41, 5.74) is 1.64. The average Bonchev–Trinajstić information content (AvgIpc) is 3.51. The molecule has 1 aliphatic heterocycles. The highest BCUT2D eigenvalue weighted by molar-refractivity contribution is 5.89. The second kappa shape index (κ2) is 15.2. The minimum absolute atomic E-state index is 0.0289. The van der Waals surface area contributed by atoms with Crippen LogP contribution in [-0.2, 0) is 4.74 Å². The summed E-state index contributed by atoms with van der Waals surface area (Å²) >= 11 is 0. The van der Waals surface area contributed by atoms with Crippen molar-refractivity contribution in [2.24, 2.45) is 0 Å². The number of carbonyl (C=O) groups excluding carboxylic acids is 1. The largest absolute Gasteiger partial charge is 0.447 e. The molecule has 254 valence electrons. The Morgan fingerprint density at radius 2 is 1.18 bits per heavy atom. The van der Waals surface area contributed by atoms with Crippen LogP contribution in [0.5, 0.6) is 0 Å². The van der Waals surface area contributed by atoms with Gasteiger partial charge in [-0.1, -0.05) is 60.7 Å². The number of ether oxygens (including phenoxy) is 1. The number of nitrogens with one attached hydrogen (secondary N) is 4. The lowest BCUT2D eigenvalue weighted by atomic mass is 10.1. The summed E-state index contributed by atoms with van der Waals surface area (Å²) in [7, 11) is 0. The third kappa shape index (κ3) is 8.25. The first-order valence-corrected chi connectivity index (χ1v) is 15.9. The fourth-order valence-corrected chi connectivity index (χ4v) is 5.43. The SMILES string of the molecule is CC(C)n1c(=O)cc(N[C@@H](C)c2cccc(N3CCOC3=O)c2)[nH]c1=O.C[C@H](Nc1cc(=O)n(-c2ccccc2)c(=O)[nH]1)c1ccccc1. The third-order valence-electron chi connectivity index (χ3n) is 7.92. The first-order chi connectivity index (χ1) is 23.5. The molecule has 1 amide bonds. The van der Waals surface area contributed by atoms with Crippen molar-refractivity contribution in [3.05, 3.63) is 150 Å². The smallest absolute Gasteiger partial charge is 0.414 e. The van der Waals surface area contributed by atoms with Crippen LogP contribution in [0.2, 0.25) is 0 Å². The van der Waals surface area contributed by atoms with Gasteiger partial charge in [-0.15, -0.1) is 0 Å². The number of cyclic esters (lactones) is 1. The first kappa shape index (κ1) is 34.2. The van der Waals surface area contributed by atoms with E-state index < -0.39 is 11.4 Å². The minimum Gasteiger partial charge on any atom is -0.447 e. The fraction of sp³-hybridized carbons (Fsp3) is 0.250. The van der Waals surface area contributed by atoms with E-state index in [1.165, 1.54) is 12.1 Å². The summed E-state index contributed by atoms with van der Waals surface area (Å²) in [5, 5.41) is 6.28. The van der Waals surface area contributed by atoms with E-state index in [0.717, 1.165) is 25.9 Å². The van der Waals surface area contributed by atoms with E-state index in [1.807, 2.05) is 74.5 Å². The normalized spacial score (nSPS) is 13.7. The topological polar surface area (TPSA) is 163 Å². The number of aromatic amines is 2. The Kier molecular flexibility index (Phi) is 10.6. The summed E-state index contributed by atoms with van der Waals surface area (Å²) in [6.07, 6.45) is -0.357. The lowest BCUT2D eigenvalue weighted by molar-refractivity contribution is 0.181. The van der Waals surface area contributed by atoms with Crippen LogP contribution in [0.15, 0.2) is 116 Å². The van der Waals surface area contributed by atoms with Crippen molar-refractivity contribution in [2.45, 2.75) is 45.8 Å². The van der Waals surface area contributed by atoms with Crippen molar-refractivity contribution in [2.75, 3.05) is 28.7 Å². The number of H-pyrrole nitrogens is 2. The molecule has 2 aromatic heterocycles. The predicted octanol–water partition coefficient (Wildman–Crippen LogP) is 4.95. The predicted molar refractivity (Wildman–Crippen MR) is 190 cm³/mol. The van der Waals surface area contributed by atoms with Gasteiger partial charge in [0, 0.05) is 35.9 Å². The zero-order chi connectivity index (χ0) is 35.1. The molecule has 13 nitrogen and oxygen atoms in total. The van der Waals surface area contributed by atoms with Crippen LogP contribution >= 0.6 is 0 Å². The van der Waals surface area contributed by atoms with Gasteiger partial charge in [0.2, 0.25) is 0 Å². The molecule has 3 heterocycles. The van der Waals surface area contributed by atoms with E-state index >= 15 is 0 Å². The van der Waals surface area contributed by atoms with Gasteiger partial charge in [-0.25, -0.2) is 19.0 Å². The molecule has 1 saturated heterocycles. The number of hydrogen-bond donors (Lipinski definition) is 4. The highest BCUT2D eigenvalue weighted by Gasteiger charge is 2.24. The molecule has 13 heteroatoms. The van der Waals surface area contributed by atoms with Crippen LogP contribution in [0.1, 0.15) is 56.9 Å². The zero-order valence-electron chi connectivity index (χ0n) is 27.7. The number of carbonyl (C=O) groups is 1. The highest BCUT2D eigenvalue weighted by Crippen LogP contribution is 2.24. The molecule has 0 bridgehead atoms. The molecule has 4 N–H and O–H groups in total. The molecular weight excluding hydrogens is 626 g/mol. The standard InChI is InChI=1S/C18H22N4O4.C18H17N3O2/c1-11(2)22-16(23)10-15(20-17(22)24)19-12(3)13-5-4-6-14(9-13)21-7-8-26-18(21)25;1-13(14-8-4-2-5-9-14)19-16-12-17(22)21(18(23)20-16)15-10-6-3-7-11-15/h4-6,9-12,19H,7-8H2,1-3H3,(H,20,24);2-13,19H,1H3,(H,20,23)/t12-;13-/m00/s1. The Bertz CT molecular complexity index is 2080. The highest BCUT2D eigenvalue weighted by atomic mass is 16.6. The van der Waals surface area contributed by atoms with Crippen LogP contribution < -0.4 is 38.0 Å². The van der Waals surface area contributed by atoms with Gasteiger partial charge >= 0.3 is 17.5 Å². The molecule has 0 spiro atoms. The molecule has 1 aliphatic rings. The van der Waals surface area contributed by atoms with Gasteiger partial charge in [-0.3, -0.25) is 29.0 Å². The van der Waals surface area contributed by atoms with Gasteiger partial charge in [0.05, 0.1) is 12.2 Å². The van der Waals surface area contributed by atoms with Gasteiger partial charge < -0.3 is 15.4 Å². The van der Waals surface area contributed by atoms with Gasteiger partial charge in [0.25, 0.3) is 11.1 Å². The monoisotopic (exact) mass is 665 g/mol. The molecule has 49 heavy (non-hydrogen) atoms. The van der Waals surface area contributed by atoms with Crippen LogP contribution in [0.25, 0.3) is 5.69 Å². The van der Waals surface area contributed by atoms with Gasteiger partial charge in [0.15, 0.2) is 0 Å². The Morgan fingerprint density at radius 1 is 0.633 bits per heavy atom. The number of rotatable bonds is 9. The fourth-order valence-electron chi connectivity index (χ4n) is 5.43. The minimum atomic E-state index is -0.466. The van der Waals surface area contributed by atoms with E-state index in [1.54, 1.807) is 43.0 Å². The van der Waals surface area contributed by atoms with E-state index in [-0.39, 0.29) is 35.3 Å². The Labute approximate surface area is 281 Å². The Morgan fingerprint density at radius 3 is 1.76 bits per heavy atom. The lowest BCUT2D eigenvalue weighted by Crippen LogP contribution is -2.36. The van der Waals surface area contributed by atoms with Crippen molar-refractivity contribution in [1.29, 1.82) is 0 Å². The van der Waals surface area contributed by atoms with Crippen molar-refractivity contribution < 1.29 is 9.53 Å². The van der Waals surface area contributed by atoms with Crippen LogP contribution in [-0.4, -0.2) is 38.3 Å². The Balaban J connectivity index is 0.000000192. The van der Waals surface area contributed by atoms with E-state index in [2.05, 4.69) is 20.6 Å². The zero-order valence-corrected chi connectivity index (χ0v) is 27.7. The number of amides is 1. The van der Waals surface area contributed by atoms with Crippen molar-refractivity contribution in [3.63, 3.8) is 0 Å². The molecule has 0 radical (unpaired) electrons. The number of nitrogens with zero attached hydrogens (tertiary/aromatic N) is 3. The summed E-state index contributed by atoms with van der Waals surface area (Å²) in [4.78, 5) is 67.4. The van der Waals surface area contributed by atoms with Crippen LogP contribution in [0.3, 0.4) is 0 Å². The molecule has 2 atom stereocenters. The average molecular weight is 666 g/mol. The molecule has 0 unspecified atom stereocenters. The maximum absolute atomic E-state index is 12.3. The molecule has 1 fully saturated rings. The number of benzene rings is 3. The van der Waals surface area contributed by atoms with E-state index in [9.17, 15) is 24.0 Å². The number of anilines is 3. The lowest BCUT2D eigenvalue weighted by Gasteiger charge is -2.19. The van der Waals surface area contributed by atoms with Crippen LogP contribution in [0, 0.1) is 0 Å². The molecule has 6 rings (SSSR count). The van der Waals surface area contributed by atoms with Gasteiger partial charge in [-0.2, -0.15) is 0 Å². The van der Waals surface area contributed by atoms with Gasteiger partial charge in [0.1, 0.15) is 18.2 Å². The second-order valence-corrected chi connectivity index (χ2v) is 11.8. The first-order valence-electron chi connectivity index (χ1n) is 15.9. The number of hydrogen-bond acceptors (Lipinski definition) is 8. The van der Waals surface area contributed by atoms with Gasteiger partial charge in [-0.05, 0) is 63.1 Å². The third-order valence-corrected chi connectivity index (χ3v) is 7.92. The molecule has 0 saturated carbocycles. The molecule has 0 aliphatic carbocycles. The number of aromatic nitrogens is 4.